The van der Waals surface area contributed by atoms with Crippen LogP contribution in [0.2, 0.25) is 0 Å². The maximum atomic E-state index is 13.2. The number of oxazole rings is 1. The van der Waals surface area contributed by atoms with E-state index in [1.54, 1.807) is 19.1 Å². The largest absolute Gasteiger partial charge is 0.507 e. The highest BCUT2D eigenvalue weighted by Crippen LogP contribution is 2.44. The van der Waals surface area contributed by atoms with Crippen molar-refractivity contribution < 1.29 is 29.0 Å². The van der Waals surface area contributed by atoms with E-state index in [0.717, 1.165) is 5.69 Å². The van der Waals surface area contributed by atoms with Crippen LogP contribution < -0.4 is 9.64 Å². The highest BCUT2D eigenvalue weighted by molar-refractivity contribution is 6.30. The zero-order valence-corrected chi connectivity index (χ0v) is 16.9. The van der Waals surface area contributed by atoms with Crippen molar-refractivity contribution in [2.75, 3.05) is 11.6 Å². The molecule has 0 saturated carbocycles. The number of hydrogen-bond acceptors (Lipinski definition) is 8. The van der Waals surface area contributed by atoms with Crippen LogP contribution in [0.5, 0.6) is 17.2 Å². The van der Waals surface area contributed by atoms with Gasteiger partial charge in [-0.3, -0.25) is 9.59 Å². The number of ketones is 2. The maximum Gasteiger partial charge on any atom is 0.201 e. The van der Waals surface area contributed by atoms with Gasteiger partial charge >= 0.3 is 0 Å². The van der Waals surface area contributed by atoms with Crippen molar-refractivity contribution in [2.24, 2.45) is 0 Å². The molecule has 0 spiro atoms. The summed E-state index contributed by atoms with van der Waals surface area (Å²) in [6, 6.07) is 9.98. The van der Waals surface area contributed by atoms with Crippen LogP contribution in [0.25, 0.3) is 11.1 Å². The van der Waals surface area contributed by atoms with Crippen LogP contribution in [0.1, 0.15) is 43.0 Å². The van der Waals surface area contributed by atoms with Crippen molar-refractivity contribution in [1.82, 2.24) is 4.98 Å². The molecule has 1 aliphatic heterocycles. The fraction of sp³-hybridized carbons (Fsp3) is 0.125. The molecule has 0 saturated heterocycles. The predicted octanol–water partition coefficient (Wildman–Crippen LogP) is 3.68. The molecule has 3 aromatic carbocycles. The summed E-state index contributed by atoms with van der Waals surface area (Å²) in [6.07, 6.45) is 1.37. The lowest BCUT2D eigenvalue weighted by Crippen LogP contribution is -2.33. The van der Waals surface area contributed by atoms with Crippen LogP contribution in [0, 0.1) is 6.92 Å². The monoisotopic (exact) mass is 428 g/mol. The Morgan fingerprint density at radius 1 is 1.00 bits per heavy atom. The minimum Gasteiger partial charge on any atom is -0.507 e. The van der Waals surface area contributed by atoms with E-state index in [-0.39, 0.29) is 47.0 Å². The number of phenolic OH excluding ortho intramolecular Hbond substituents is 2. The molecule has 158 valence electrons. The molecular formula is C24H16N2O6. The molecule has 1 aromatic heterocycles. The first-order valence-corrected chi connectivity index (χ1v) is 9.95. The van der Waals surface area contributed by atoms with E-state index < -0.39 is 11.6 Å². The number of aryl methyl sites for hydroxylation is 1. The average molecular weight is 428 g/mol. The Morgan fingerprint density at radius 3 is 2.66 bits per heavy atom. The molecule has 2 heterocycles. The van der Waals surface area contributed by atoms with E-state index in [1.807, 2.05) is 17.0 Å². The summed E-state index contributed by atoms with van der Waals surface area (Å²) in [7, 11) is 0. The number of anilines is 1. The van der Waals surface area contributed by atoms with Crippen molar-refractivity contribution in [3.8, 4) is 17.2 Å². The van der Waals surface area contributed by atoms with Gasteiger partial charge in [0, 0.05) is 16.8 Å². The number of phenols is 2. The Hall–Kier alpha value is -4.33. The Kier molecular flexibility index (Phi) is 3.65. The molecule has 0 bridgehead atoms. The third-order valence-electron chi connectivity index (χ3n) is 5.97. The molecule has 0 fully saturated rings. The average Bonchev–Trinajstić information content (AvgIpc) is 3.24. The number of nitrogens with zero attached hydrogens (tertiary/aromatic N) is 2. The molecule has 4 aromatic rings. The molecule has 0 amide bonds. The van der Waals surface area contributed by atoms with Gasteiger partial charge in [-0.15, -0.1) is 0 Å². The number of carbonyl (C=O) groups is 2. The summed E-state index contributed by atoms with van der Waals surface area (Å²) in [5.41, 5.74) is 3.18. The van der Waals surface area contributed by atoms with Gasteiger partial charge in [0.25, 0.3) is 0 Å². The SMILES string of the molecule is Cc1cc(O)c2c(c1)C(=O)c1cc3c(c(O)c1C2=O)CN(c1ccc2ocnc2c1)CO3. The summed E-state index contributed by atoms with van der Waals surface area (Å²) < 4.78 is 11.1. The minimum atomic E-state index is -0.589. The van der Waals surface area contributed by atoms with Crippen LogP contribution in [0.4, 0.5) is 5.69 Å². The van der Waals surface area contributed by atoms with Gasteiger partial charge in [0.15, 0.2) is 24.5 Å². The fourth-order valence-electron chi connectivity index (χ4n) is 4.42. The zero-order valence-electron chi connectivity index (χ0n) is 16.9. The van der Waals surface area contributed by atoms with Gasteiger partial charge in [-0.1, -0.05) is 0 Å². The predicted molar refractivity (Wildman–Crippen MR) is 114 cm³/mol. The first-order chi connectivity index (χ1) is 15.4. The van der Waals surface area contributed by atoms with Crippen LogP contribution in [0.15, 0.2) is 47.2 Å². The zero-order chi connectivity index (χ0) is 22.1. The lowest BCUT2D eigenvalue weighted by Gasteiger charge is -2.32. The normalized spacial score (nSPS) is 14.7. The second-order valence-electron chi connectivity index (χ2n) is 7.97. The molecule has 32 heavy (non-hydrogen) atoms. The summed E-state index contributed by atoms with van der Waals surface area (Å²) in [5, 5.41) is 21.4. The van der Waals surface area contributed by atoms with Crippen LogP contribution in [0.3, 0.4) is 0 Å². The number of rotatable bonds is 1. The number of hydrogen-bond donors (Lipinski definition) is 2. The first kappa shape index (κ1) is 18.4. The van der Waals surface area contributed by atoms with E-state index in [9.17, 15) is 19.8 Å². The Balaban J connectivity index is 1.46. The number of benzene rings is 3. The molecule has 0 unspecified atom stereocenters. The molecule has 0 radical (unpaired) electrons. The van der Waals surface area contributed by atoms with Gasteiger partial charge in [-0.2, -0.15) is 0 Å². The topological polar surface area (TPSA) is 113 Å². The van der Waals surface area contributed by atoms with Gasteiger partial charge in [0.1, 0.15) is 22.8 Å². The van der Waals surface area contributed by atoms with E-state index >= 15 is 0 Å². The molecule has 2 N–H and O–H groups in total. The lowest BCUT2D eigenvalue weighted by atomic mass is 9.81. The summed E-state index contributed by atoms with van der Waals surface area (Å²) >= 11 is 0. The van der Waals surface area contributed by atoms with E-state index in [4.69, 9.17) is 9.15 Å². The van der Waals surface area contributed by atoms with E-state index in [2.05, 4.69) is 4.98 Å². The lowest BCUT2D eigenvalue weighted by molar-refractivity contribution is 0.0973. The molecule has 8 nitrogen and oxygen atoms in total. The Bertz CT molecular complexity index is 1490. The van der Waals surface area contributed by atoms with Crippen molar-refractivity contribution in [3.63, 3.8) is 0 Å². The standard InChI is InChI=1S/C24H16N2O6/c1-11-4-13-20(17(27)5-11)24(30)21-14(22(13)28)7-19-15(23(21)29)8-26(10-32-19)12-2-3-18-16(6-12)25-9-31-18/h2-7,9,27,29H,8,10H2,1H3. The van der Waals surface area contributed by atoms with Crippen LogP contribution in [-0.2, 0) is 6.54 Å². The Morgan fingerprint density at radius 2 is 1.81 bits per heavy atom. The maximum absolute atomic E-state index is 13.2. The summed E-state index contributed by atoms with van der Waals surface area (Å²) in [5.74, 6) is -1.27. The van der Waals surface area contributed by atoms with Gasteiger partial charge in [0.2, 0.25) is 5.78 Å². The number of ether oxygens (including phenoxy) is 1. The summed E-state index contributed by atoms with van der Waals surface area (Å²) in [4.78, 5) is 32.4. The minimum absolute atomic E-state index is 0.0706. The third kappa shape index (κ3) is 2.46. The number of aromatic hydroxyl groups is 2. The fourth-order valence-corrected chi connectivity index (χ4v) is 4.42. The molecule has 6 rings (SSSR count). The highest BCUT2D eigenvalue weighted by atomic mass is 16.5. The van der Waals surface area contributed by atoms with Crippen molar-refractivity contribution in [3.05, 3.63) is 76.2 Å². The summed E-state index contributed by atoms with van der Waals surface area (Å²) in [6.45, 7) is 2.17. The molecule has 8 heteroatoms. The second-order valence-corrected chi connectivity index (χ2v) is 7.97. The molecule has 2 aliphatic rings. The number of aromatic nitrogens is 1. The van der Waals surface area contributed by atoms with Crippen LogP contribution >= 0.6 is 0 Å². The quantitative estimate of drug-likeness (QED) is 0.416. The first-order valence-electron chi connectivity index (χ1n) is 9.95. The van der Waals surface area contributed by atoms with Crippen molar-refractivity contribution in [2.45, 2.75) is 13.5 Å². The molecular weight excluding hydrogens is 412 g/mol. The highest BCUT2D eigenvalue weighted by Gasteiger charge is 2.37. The molecule has 0 atom stereocenters. The van der Waals surface area contributed by atoms with Gasteiger partial charge in [-0.05, 0) is 48.9 Å². The Labute approximate surface area is 181 Å². The van der Waals surface area contributed by atoms with Gasteiger partial charge < -0.3 is 24.3 Å². The van der Waals surface area contributed by atoms with Crippen LogP contribution in [-0.4, -0.2) is 33.5 Å². The number of carbonyl (C=O) groups excluding carboxylic acids is 2. The smallest absolute Gasteiger partial charge is 0.201 e. The molecule has 1 aliphatic carbocycles. The van der Waals surface area contributed by atoms with Gasteiger partial charge in [-0.25, -0.2) is 4.98 Å². The van der Waals surface area contributed by atoms with Crippen molar-refractivity contribution >= 4 is 28.4 Å². The number of fused-ring (bicyclic) bond motifs is 4. The van der Waals surface area contributed by atoms with Gasteiger partial charge in [0.05, 0.1) is 23.2 Å². The second kappa shape index (κ2) is 6.34. The van der Waals surface area contributed by atoms with Crippen molar-refractivity contribution in [1.29, 1.82) is 0 Å². The third-order valence-corrected chi connectivity index (χ3v) is 5.97. The van der Waals surface area contributed by atoms with E-state index in [0.29, 0.717) is 28.0 Å². The van der Waals surface area contributed by atoms with E-state index in [1.165, 1.54) is 18.5 Å².